The molecule has 0 unspecified atom stereocenters. The maximum Gasteiger partial charge on any atom is 0.300 e. The standard InChI is InChI=1S/C2H7NO2.C2H4O2/c1-4-3-5-2;1-2(3)4/h3H,1-2H3;1H3,(H,3,4). The molecule has 0 fully saturated rings. The first kappa shape index (κ1) is 11.2. The highest BCUT2D eigenvalue weighted by Gasteiger charge is 1.65. The van der Waals surface area contributed by atoms with Crippen molar-refractivity contribution in [2.24, 2.45) is 0 Å². The number of hydrogen-bond acceptors (Lipinski definition) is 4. The Balaban J connectivity index is 0. The predicted molar refractivity (Wildman–Crippen MR) is 30.5 cm³/mol. The minimum Gasteiger partial charge on any atom is -0.481 e. The maximum atomic E-state index is 9.00. The average molecular weight is 137 g/mol. The van der Waals surface area contributed by atoms with Crippen LogP contribution >= 0.6 is 0 Å². The van der Waals surface area contributed by atoms with Gasteiger partial charge in [-0.2, -0.15) is 0 Å². The van der Waals surface area contributed by atoms with Crippen LogP contribution in [-0.2, 0) is 14.5 Å². The zero-order valence-corrected chi connectivity index (χ0v) is 5.67. The van der Waals surface area contributed by atoms with E-state index >= 15 is 0 Å². The molecule has 2 N–H and O–H groups in total. The largest absolute Gasteiger partial charge is 0.481 e. The van der Waals surface area contributed by atoms with Crippen LogP contribution in [0.5, 0.6) is 0 Å². The first-order valence-corrected chi connectivity index (χ1v) is 2.15. The Morgan fingerprint density at radius 2 is 1.67 bits per heavy atom. The van der Waals surface area contributed by atoms with E-state index in [-0.39, 0.29) is 0 Å². The van der Waals surface area contributed by atoms with Crippen molar-refractivity contribution in [1.29, 1.82) is 0 Å². The van der Waals surface area contributed by atoms with Gasteiger partial charge in [-0.25, -0.2) is 0 Å². The topological polar surface area (TPSA) is 67.8 Å². The van der Waals surface area contributed by atoms with Crippen LogP contribution in [0.2, 0.25) is 0 Å². The minimum atomic E-state index is -0.833. The van der Waals surface area contributed by atoms with Crippen molar-refractivity contribution >= 4 is 5.97 Å². The lowest BCUT2D eigenvalue weighted by Gasteiger charge is -1.89. The smallest absolute Gasteiger partial charge is 0.300 e. The van der Waals surface area contributed by atoms with Crippen LogP contribution in [0.3, 0.4) is 0 Å². The number of carboxylic acids is 1. The van der Waals surface area contributed by atoms with Crippen LogP contribution in [0.25, 0.3) is 0 Å². The van der Waals surface area contributed by atoms with Crippen molar-refractivity contribution in [3.63, 3.8) is 0 Å². The first-order valence-electron chi connectivity index (χ1n) is 2.15. The number of carboxylic acid groups (broad SMARTS) is 1. The Morgan fingerprint density at radius 1 is 1.44 bits per heavy atom. The molecule has 0 bridgehead atoms. The number of carbonyl (C=O) groups is 1. The van der Waals surface area contributed by atoms with Crippen LogP contribution in [0.4, 0.5) is 0 Å². The molecule has 5 nitrogen and oxygen atoms in total. The van der Waals surface area contributed by atoms with Crippen molar-refractivity contribution in [3.05, 3.63) is 0 Å². The van der Waals surface area contributed by atoms with E-state index in [9.17, 15) is 0 Å². The molecular formula is C4H11NO4. The third-order valence-corrected chi connectivity index (χ3v) is 0.167. The highest BCUT2D eigenvalue weighted by molar-refractivity contribution is 5.62. The van der Waals surface area contributed by atoms with E-state index in [2.05, 4.69) is 15.3 Å². The third-order valence-electron chi connectivity index (χ3n) is 0.167. The van der Waals surface area contributed by atoms with Crippen molar-refractivity contribution in [2.45, 2.75) is 6.92 Å². The molecule has 0 atom stereocenters. The van der Waals surface area contributed by atoms with Crippen molar-refractivity contribution in [1.82, 2.24) is 5.64 Å². The molecule has 0 aliphatic carbocycles. The summed E-state index contributed by atoms with van der Waals surface area (Å²) >= 11 is 0. The molecule has 0 aliphatic rings. The summed E-state index contributed by atoms with van der Waals surface area (Å²) in [6.45, 7) is 1.08. The Labute approximate surface area is 53.5 Å². The van der Waals surface area contributed by atoms with Gasteiger partial charge in [0.1, 0.15) is 0 Å². The monoisotopic (exact) mass is 137 g/mol. The average Bonchev–Trinajstić information content (AvgIpc) is 1.66. The van der Waals surface area contributed by atoms with Crippen molar-refractivity contribution in [3.8, 4) is 0 Å². The molecule has 0 saturated heterocycles. The highest BCUT2D eigenvalue weighted by atomic mass is 16.9. The Bertz CT molecular complexity index is 59.6. The molecule has 9 heavy (non-hydrogen) atoms. The van der Waals surface area contributed by atoms with E-state index in [4.69, 9.17) is 9.90 Å². The maximum absolute atomic E-state index is 9.00. The molecule has 5 heteroatoms. The molecule has 0 rings (SSSR count). The molecule has 0 saturated carbocycles. The lowest BCUT2D eigenvalue weighted by Crippen LogP contribution is -2.07. The van der Waals surface area contributed by atoms with Gasteiger partial charge in [0.25, 0.3) is 5.97 Å². The van der Waals surface area contributed by atoms with Crippen LogP contribution < -0.4 is 5.64 Å². The molecule has 0 aromatic carbocycles. The molecule has 0 spiro atoms. The number of nitrogens with one attached hydrogen (secondary N) is 1. The van der Waals surface area contributed by atoms with E-state index < -0.39 is 5.97 Å². The van der Waals surface area contributed by atoms with E-state index in [0.29, 0.717) is 0 Å². The lowest BCUT2D eigenvalue weighted by atomic mass is 10.9. The molecule has 0 aromatic rings. The molecule has 0 aromatic heterocycles. The summed E-state index contributed by atoms with van der Waals surface area (Å²) < 4.78 is 0. The van der Waals surface area contributed by atoms with E-state index in [1.54, 1.807) is 0 Å². The summed E-state index contributed by atoms with van der Waals surface area (Å²) in [6.07, 6.45) is 0. The fourth-order valence-corrected chi connectivity index (χ4v) is 0.0833. The zero-order valence-electron chi connectivity index (χ0n) is 5.67. The van der Waals surface area contributed by atoms with Gasteiger partial charge in [-0.3, -0.25) is 14.5 Å². The SMILES string of the molecule is CC(=O)O.CONOC. The Morgan fingerprint density at radius 3 is 1.67 bits per heavy atom. The first-order chi connectivity index (χ1) is 4.15. The van der Waals surface area contributed by atoms with Gasteiger partial charge in [0, 0.05) is 6.92 Å². The van der Waals surface area contributed by atoms with Gasteiger partial charge < -0.3 is 5.11 Å². The van der Waals surface area contributed by atoms with Gasteiger partial charge in [0.2, 0.25) is 0 Å². The molecular weight excluding hydrogens is 126 g/mol. The second-order valence-corrected chi connectivity index (χ2v) is 1.01. The fourth-order valence-electron chi connectivity index (χ4n) is 0.0833. The molecule has 0 heterocycles. The van der Waals surface area contributed by atoms with Crippen molar-refractivity contribution in [2.75, 3.05) is 14.2 Å². The fraction of sp³-hybridized carbons (Fsp3) is 0.750. The van der Waals surface area contributed by atoms with Gasteiger partial charge in [-0.1, -0.05) is 5.64 Å². The summed E-state index contributed by atoms with van der Waals surface area (Å²) in [6, 6.07) is 0. The van der Waals surface area contributed by atoms with Gasteiger partial charge in [0.15, 0.2) is 0 Å². The summed E-state index contributed by atoms with van der Waals surface area (Å²) in [5, 5.41) is 7.42. The highest BCUT2D eigenvalue weighted by Crippen LogP contribution is 1.46. The van der Waals surface area contributed by atoms with Gasteiger partial charge >= 0.3 is 0 Å². The Kier molecular flexibility index (Phi) is 12.9. The predicted octanol–water partition coefficient (Wildman–Crippen LogP) is -0.210. The lowest BCUT2D eigenvalue weighted by molar-refractivity contribution is -0.134. The van der Waals surface area contributed by atoms with E-state index in [1.165, 1.54) is 14.2 Å². The summed E-state index contributed by atoms with van der Waals surface area (Å²) in [5.41, 5.74) is 2.11. The quantitative estimate of drug-likeness (QED) is 0.515. The number of rotatable bonds is 2. The Hall–Kier alpha value is -0.650. The van der Waals surface area contributed by atoms with Gasteiger partial charge in [0.05, 0.1) is 14.2 Å². The van der Waals surface area contributed by atoms with Crippen LogP contribution in [-0.4, -0.2) is 25.3 Å². The second kappa shape index (κ2) is 10.4. The minimum absolute atomic E-state index is 0.833. The second-order valence-electron chi connectivity index (χ2n) is 1.01. The van der Waals surface area contributed by atoms with Crippen LogP contribution in [0, 0.1) is 0 Å². The van der Waals surface area contributed by atoms with E-state index in [0.717, 1.165) is 6.92 Å². The molecule has 0 radical (unpaired) electrons. The van der Waals surface area contributed by atoms with E-state index in [1.807, 2.05) is 0 Å². The normalized spacial score (nSPS) is 7.44. The van der Waals surface area contributed by atoms with Crippen LogP contribution in [0.1, 0.15) is 6.92 Å². The zero-order chi connectivity index (χ0) is 7.70. The molecule has 0 amide bonds. The van der Waals surface area contributed by atoms with Crippen molar-refractivity contribution < 1.29 is 19.6 Å². The molecule has 0 aliphatic heterocycles. The third kappa shape index (κ3) is 115. The summed E-state index contributed by atoms with van der Waals surface area (Å²) in [4.78, 5) is 17.4. The number of aliphatic carboxylic acids is 1. The number of hydrogen-bond donors (Lipinski definition) is 2. The van der Waals surface area contributed by atoms with Crippen LogP contribution in [0.15, 0.2) is 0 Å². The summed E-state index contributed by atoms with van der Waals surface area (Å²) in [7, 11) is 2.95. The van der Waals surface area contributed by atoms with Gasteiger partial charge in [-0.05, 0) is 0 Å². The molecule has 56 valence electrons. The summed E-state index contributed by atoms with van der Waals surface area (Å²) in [5.74, 6) is -0.833. The van der Waals surface area contributed by atoms with Gasteiger partial charge in [-0.15, -0.1) is 0 Å².